The molecule has 1 aliphatic rings. The molecular formula is C17H19F3N4OS. The number of hydrazone groups is 1. The average molecular weight is 384 g/mol. The van der Waals surface area contributed by atoms with E-state index in [-0.39, 0.29) is 5.69 Å². The molecule has 9 heteroatoms. The Bertz CT molecular complexity index is 757. The summed E-state index contributed by atoms with van der Waals surface area (Å²) in [6, 6.07) is 4.67. The van der Waals surface area contributed by atoms with Crippen LogP contribution in [0.3, 0.4) is 0 Å². The molecular weight excluding hydrogens is 365 g/mol. The fraction of sp³-hybridized carbons (Fsp3) is 0.471. The lowest BCUT2D eigenvalue weighted by Gasteiger charge is -2.32. The van der Waals surface area contributed by atoms with Gasteiger partial charge in [-0.2, -0.15) is 35.3 Å². The number of nitrogens with zero attached hydrogens (tertiary/aromatic N) is 2. The number of halogens is 3. The second kappa shape index (κ2) is 7.99. The summed E-state index contributed by atoms with van der Waals surface area (Å²) in [4.78, 5) is 12.7. The van der Waals surface area contributed by atoms with Crippen LogP contribution >= 0.6 is 11.8 Å². The number of carbonyl (C=O) groups excluding carboxylic acids is 1. The van der Waals surface area contributed by atoms with Gasteiger partial charge in [-0.15, -0.1) is 0 Å². The Morgan fingerprint density at radius 1 is 1.50 bits per heavy atom. The number of rotatable bonds is 5. The summed E-state index contributed by atoms with van der Waals surface area (Å²) >= 11 is 1.68. The maximum atomic E-state index is 13.1. The van der Waals surface area contributed by atoms with E-state index in [0.717, 1.165) is 23.6 Å². The lowest BCUT2D eigenvalue weighted by Crippen LogP contribution is -2.46. The average Bonchev–Trinajstić information content (AvgIpc) is 2.59. The van der Waals surface area contributed by atoms with Crippen LogP contribution in [-0.4, -0.2) is 29.7 Å². The molecule has 0 aromatic heterocycles. The summed E-state index contributed by atoms with van der Waals surface area (Å²) in [5.74, 6) is 1.23. The van der Waals surface area contributed by atoms with Crippen LogP contribution in [-0.2, 0) is 11.0 Å². The molecule has 1 aromatic rings. The van der Waals surface area contributed by atoms with E-state index in [4.69, 9.17) is 5.26 Å². The lowest BCUT2D eigenvalue weighted by molar-refractivity contribution is -0.137. The summed E-state index contributed by atoms with van der Waals surface area (Å²) in [6.45, 7) is 4.06. The molecule has 0 fully saturated rings. The van der Waals surface area contributed by atoms with Gasteiger partial charge >= 0.3 is 6.18 Å². The summed E-state index contributed by atoms with van der Waals surface area (Å²) < 4.78 is 39.2. The molecule has 2 rings (SSSR count). The second-order valence-electron chi connectivity index (χ2n) is 6.21. The van der Waals surface area contributed by atoms with E-state index in [9.17, 15) is 18.0 Å². The Kier molecular flexibility index (Phi) is 6.18. The van der Waals surface area contributed by atoms with Gasteiger partial charge in [-0.25, -0.2) is 0 Å². The van der Waals surface area contributed by atoms with Crippen LogP contribution in [0.15, 0.2) is 23.3 Å². The van der Waals surface area contributed by atoms with Gasteiger partial charge in [0.1, 0.15) is 0 Å². The third-order valence-electron chi connectivity index (χ3n) is 4.02. The number of nitriles is 1. The molecule has 26 heavy (non-hydrogen) atoms. The molecule has 0 radical (unpaired) electrons. The highest BCUT2D eigenvalue weighted by Crippen LogP contribution is 2.34. The molecule has 5 nitrogen and oxygen atoms in total. The number of carbonyl (C=O) groups is 1. The van der Waals surface area contributed by atoms with E-state index < -0.39 is 28.6 Å². The van der Waals surface area contributed by atoms with E-state index in [2.05, 4.69) is 15.8 Å². The number of nitrogens with one attached hydrogen (secondary N) is 2. The van der Waals surface area contributed by atoms with Gasteiger partial charge in [0.2, 0.25) is 5.91 Å². The highest BCUT2D eigenvalue weighted by atomic mass is 32.2. The highest BCUT2D eigenvalue weighted by molar-refractivity contribution is 7.99. The van der Waals surface area contributed by atoms with Gasteiger partial charge in [0, 0.05) is 30.1 Å². The van der Waals surface area contributed by atoms with Crippen molar-refractivity contribution in [3.63, 3.8) is 0 Å². The number of hydrogen-bond acceptors (Lipinski definition) is 5. The Balaban J connectivity index is 2.17. The van der Waals surface area contributed by atoms with Crippen LogP contribution in [0.25, 0.3) is 0 Å². The SMILES string of the molecule is CCSCC1=NNCC(C)(C(=O)Nc2ccc(C#N)c(C(F)(F)F)c2)C1. The van der Waals surface area contributed by atoms with E-state index in [1.54, 1.807) is 18.7 Å². The number of thioether (sulfide) groups is 1. The normalized spacial score (nSPS) is 19.9. The molecule has 1 heterocycles. The standard InChI is InChI=1S/C17H19F3N4OS/c1-3-26-9-13-7-16(2,10-22-24-13)15(25)23-12-5-4-11(8-21)14(6-12)17(18,19)20/h4-6,22H,3,7,9-10H2,1-2H3,(H,23,25). The Morgan fingerprint density at radius 2 is 2.23 bits per heavy atom. The lowest BCUT2D eigenvalue weighted by atomic mass is 9.83. The molecule has 1 amide bonds. The summed E-state index contributed by atoms with van der Waals surface area (Å²) in [7, 11) is 0. The number of hydrogen-bond donors (Lipinski definition) is 2. The fourth-order valence-electron chi connectivity index (χ4n) is 2.58. The molecule has 1 atom stereocenters. The molecule has 0 spiro atoms. The van der Waals surface area contributed by atoms with Crippen molar-refractivity contribution in [2.45, 2.75) is 26.4 Å². The number of alkyl halides is 3. The first-order chi connectivity index (χ1) is 12.2. The van der Waals surface area contributed by atoms with Gasteiger partial charge in [0.25, 0.3) is 0 Å². The van der Waals surface area contributed by atoms with E-state index in [1.807, 2.05) is 6.92 Å². The molecule has 0 saturated carbocycles. The predicted octanol–water partition coefficient (Wildman–Crippen LogP) is 3.62. The van der Waals surface area contributed by atoms with Gasteiger partial charge in [0.15, 0.2) is 0 Å². The topological polar surface area (TPSA) is 77.3 Å². The number of anilines is 1. The van der Waals surface area contributed by atoms with Gasteiger partial charge in [-0.1, -0.05) is 6.92 Å². The molecule has 0 bridgehead atoms. The zero-order chi connectivity index (χ0) is 19.4. The number of amides is 1. The fourth-order valence-corrected chi connectivity index (χ4v) is 3.18. The van der Waals surface area contributed by atoms with Crippen molar-refractivity contribution in [1.29, 1.82) is 5.26 Å². The van der Waals surface area contributed by atoms with Gasteiger partial charge in [-0.05, 0) is 30.9 Å². The van der Waals surface area contributed by atoms with Crippen molar-refractivity contribution in [3.05, 3.63) is 29.3 Å². The zero-order valence-corrected chi connectivity index (χ0v) is 15.2. The summed E-state index contributed by atoms with van der Waals surface area (Å²) in [5.41, 5.74) is 1.33. The van der Waals surface area contributed by atoms with Crippen LogP contribution in [0.2, 0.25) is 0 Å². The van der Waals surface area contributed by atoms with Crippen LogP contribution < -0.4 is 10.7 Å². The Labute approximate surface area is 154 Å². The maximum Gasteiger partial charge on any atom is 0.417 e. The van der Waals surface area contributed by atoms with Crippen LogP contribution in [0.5, 0.6) is 0 Å². The molecule has 2 N–H and O–H groups in total. The summed E-state index contributed by atoms with van der Waals surface area (Å²) in [5, 5.41) is 15.6. The van der Waals surface area contributed by atoms with E-state index in [1.165, 1.54) is 12.1 Å². The van der Waals surface area contributed by atoms with Gasteiger partial charge in [-0.3, -0.25) is 4.79 Å². The summed E-state index contributed by atoms with van der Waals surface area (Å²) in [6.07, 6.45) is -4.24. The monoisotopic (exact) mass is 384 g/mol. The third kappa shape index (κ3) is 4.69. The van der Waals surface area contributed by atoms with Crippen molar-refractivity contribution in [2.75, 3.05) is 23.4 Å². The molecule has 0 aliphatic carbocycles. The first-order valence-electron chi connectivity index (χ1n) is 7.98. The molecule has 0 saturated heterocycles. The Morgan fingerprint density at radius 3 is 2.85 bits per heavy atom. The van der Waals surface area contributed by atoms with Crippen molar-refractivity contribution >= 4 is 29.1 Å². The van der Waals surface area contributed by atoms with E-state index in [0.29, 0.717) is 18.7 Å². The molecule has 1 aliphatic heterocycles. The van der Waals surface area contributed by atoms with Crippen LogP contribution in [0.1, 0.15) is 31.4 Å². The second-order valence-corrected chi connectivity index (χ2v) is 7.49. The van der Waals surface area contributed by atoms with Crippen molar-refractivity contribution in [1.82, 2.24) is 5.43 Å². The quantitative estimate of drug-likeness (QED) is 0.813. The molecule has 1 unspecified atom stereocenters. The smallest absolute Gasteiger partial charge is 0.326 e. The van der Waals surface area contributed by atoms with Gasteiger partial charge in [0.05, 0.1) is 22.6 Å². The minimum atomic E-state index is -4.67. The maximum absolute atomic E-state index is 13.1. The first-order valence-corrected chi connectivity index (χ1v) is 9.14. The van der Waals surface area contributed by atoms with E-state index >= 15 is 0 Å². The minimum Gasteiger partial charge on any atom is -0.326 e. The first kappa shape index (κ1) is 20.1. The third-order valence-corrected chi connectivity index (χ3v) is 4.97. The zero-order valence-electron chi connectivity index (χ0n) is 14.4. The minimum absolute atomic E-state index is 0.00884. The molecule has 1 aromatic carbocycles. The van der Waals surface area contributed by atoms with Crippen molar-refractivity contribution in [3.8, 4) is 6.07 Å². The van der Waals surface area contributed by atoms with Crippen LogP contribution in [0, 0.1) is 16.7 Å². The van der Waals surface area contributed by atoms with Crippen molar-refractivity contribution in [2.24, 2.45) is 10.5 Å². The Hall–Kier alpha value is -2.21. The highest BCUT2D eigenvalue weighted by Gasteiger charge is 2.38. The van der Waals surface area contributed by atoms with Crippen LogP contribution in [0.4, 0.5) is 18.9 Å². The van der Waals surface area contributed by atoms with Gasteiger partial charge < -0.3 is 10.7 Å². The van der Waals surface area contributed by atoms with Crippen molar-refractivity contribution < 1.29 is 18.0 Å². The predicted molar refractivity (Wildman–Crippen MR) is 95.9 cm³/mol. The largest absolute Gasteiger partial charge is 0.417 e. The molecule has 140 valence electrons. The number of benzene rings is 1.